The van der Waals surface area contributed by atoms with E-state index in [1.54, 1.807) is 0 Å². The van der Waals surface area contributed by atoms with Gasteiger partial charge in [0, 0.05) is 33.5 Å². The largest absolute Gasteiger partial charge is 0.507 e. The molecule has 0 atom stereocenters. The van der Waals surface area contributed by atoms with Gasteiger partial charge < -0.3 is 10.2 Å². The van der Waals surface area contributed by atoms with Gasteiger partial charge in [-0.1, -0.05) is 0 Å². The Morgan fingerprint density at radius 3 is 1.40 bits per heavy atom. The van der Waals surface area contributed by atoms with E-state index in [9.17, 15) is 27.0 Å². The predicted molar refractivity (Wildman–Crippen MR) is 73.4 cm³/mol. The van der Waals surface area contributed by atoms with E-state index in [2.05, 4.69) is 0 Å². The van der Waals surface area contributed by atoms with Crippen LogP contribution in [0.2, 0.25) is 0 Å². The van der Waals surface area contributed by atoms with Gasteiger partial charge in [0.05, 0.1) is 15.2 Å². The number of hydrogen-bond acceptors (Lipinski definition) is 6. The summed E-state index contributed by atoms with van der Waals surface area (Å²) in [5, 5.41) is 19.3. The molecule has 0 spiro atoms. The maximum atomic E-state index is 11.2. The first-order valence-corrected chi connectivity index (χ1v) is 9.51. The summed E-state index contributed by atoms with van der Waals surface area (Å²) in [5.41, 5.74) is 0. The van der Waals surface area contributed by atoms with Crippen molar-refractivity contribution in [3.63, 3.8) is 0 Å². The molecule has 0 radical (unpaired) electrons. The lowest BCUT2D eigenvalue weighted by Gasteiger charge is -2.07. The summed E-state index contributed by atoms with van der Waals surface area (Å²) in [7, 11) is 2.05. The maximum Gasteiger partial charge on any atom is 0.261 e. The second kappa shape index (κ2) is 4.66. The van der Waals surface area contributed by atoms with E-state index in [4.69, 9.17) is 21.4 Å². The topological polar surface area (TPSA) is 109 Å². The minimum absolute atomic E-state index is 0.0385. The molecule has 2 N–H and O–H groups in total. The van der Waals surface area contributed by atoms with Crippen LogP contribution in [0.3, 0.4) is 0 Å². The van der Waals surface area contributed by atoms with E-state index < -0.39 is 39.4 Å². The van der Waals surface area contributed by atoms with Crippen LogP contribution in [0.1, 0.15) is 0 Å². The molecular weight excluding hydrogens is 351 g/mol. The monoisotopic (exact) mass is 356 g/mol. The third-order valence-corrected chi connectivity index (χ3v) is 5.18. The first-order chi connectivity index (χ1) is 9.00. The van der Waals surface area contributed by atoms with Crippen molar-refractivity contribution in [1.82, 2.24) is 0 Å². The van der Waals surface area contributed by atoms with Gasteiger partial charge in [-0.2, -0.15) is 0 Å². The van der Waals surface area contributed by atoms with Gasteiger partial charge in [-0.05, 0) is 17.5 Å². The number of phenols is 2. The van der Waals surface area contributed by atoms with Gasteiger partial charge in [-0.3, -0.25) is 0 Å². The number of fused-ring (bicyclic) bond motifs is 1. The summed E-state index contributed by atoms with van der Waals surface area (Å²) < 4.78 is 45.0. The number of aromatic hydroxyl groups is 2. The molecule has 0 bridgehead atoms. The molecule has 0 saturated heterocycles. The molecule has 0 aromatic heterocycles. The lowest BCUT2D eigenvalue weighted by atomic mass is 10.1. The van der Waals surface area contributed by atoms with Crippen LogP contribution in [0.5, 0.6) is 11.5 Å². The number of hydrogen-bond donors (Lipinski definition) is 2. The normalized spacial score (nSPS) is 12.7. The highest BCUT2D eigenvalue weighted by molar-refractivity contribution is 8.14. The summed E-state index contributed by atoms with van der Waals surface area (Å²) in [6.45, 7) is 0. The first kappa shape index (κ1) is 15.2. The lowest BCUT2D eigenvalue weighted by Crippen LogP contribution is -1.94. The van der Waals surface area contributed by atoms with Crippen LogP contribution in [0.4, 0.5) is 0 Å². The van der Waals surface area contributed by atoms with E-state index in [0.29, 0.717) is 0 Å². The molecule has 2 aromatic rings. The Labute approximate surface area is 123 Å². The van der Waals surface area contributed by atoms with Gasteiger partial charge >= 0.3 is 0 Å². The first-order valence-electron chi connectivity index (χ1n) is 4.89. The zero-order chi connectivity index (χ0) is 15.3. The second-order valence-electron chi connectivity index (χ2n) is 3.86. The van der Waals surface area contributed by atoms with E-state index in [-0.39, 0.29) is 10.8 Å². The third-order valence-electron chi connectivity index (χ3n) is 2.52. The fourth-order valence-corrected chi connectivity index (χ4v) is 3.27. The van der Waals surface area contributed by atoms with Gasteiger partial charge in [0.1, 0.15) is 11.5 Å². The van der Waals surface area contributed by atoms with Crippen molar-refractivity contribution in [3.8, 4) is 11.5 Å². The highest BCUT2D eigenvalue weighted by Gasteiger charge is 2.19. The highest BCUT2D eigenvalue weighted by Crippen LogP contribution is 2.38. The van der Waals surface area contributed by atoms with E-state index in [1.165, 1.54) is 0 Å². The smallest absolute Gasteiger partial charge is 0.261 e. The van der Waals surface area contributed by atoms with Crippen LogP contribution in [0, 0.1) is 0 Å². The minimum Gasteiger partial charge on any atom is -0.507 e. The molecule has 0 saturated carbocycles. The molecule has 0 heterocycles. The summed E-state index contributed by atoms with van der Waals surface area (Å²) >= 11 is 0. The van der Waals surface area contributed by atoms with Crippen LogP contribution in [0.15, 0.2) is 34.1 Å². The molecule has 0 aliphatic carbocycles. The maximum absolute atomic E-state index is 11.2. The van der Waals surface area contributed by atoms with Crippen LogP contribution in [0.25, 0.3) is 10.8 Å². The molecule has 2 aromatic carbocycles. The summed E-state index contributed by atoms with van der Waals surface area (Å²) in [4.78, 5) is -0.875. The van der Waals surface area contributed by atoms with E-state index in [1.807, 2.05) is 0 Å². The fraction of sp³-hybridized carbons (Fsp3) is 0. The van der Waals surface area contributed by atoms with Crippen LogP contribution in [-0.4, -0.2) is 27.0 Å². The second-order valence-corrected chi connectivity index (χ2v) is 8.99. The van der Waals surface area contributed by atoms with Crippen molar-refractivity contribution >= 4 is 50.2 Å². The molecule has 10 heteroatoms. The Morgan fingerprint density at radius 1 is 0.750 bits per heavy atom. The quantitative estimate of drug-likeness (QED) is 0.797. The zero-order valence-electron chi connectivity index (χ0n) is 9.41. The van der Waals surface area contributed by atoms with Crippen molar-refractivity contribution in [1.29, 1.82) is 0 Å². The number of halogens is 2. The number of phenolic OH excluding ortho intramolecular Hbond substituents is 2. The molecule has 2 rings (SSSR count). The Kier molecular flexibility index (Phi) is 3.53. The average molecular weight is 357 g/mol. The molecule has 0 amide bonds. The Bertz CT molecular complexity index is 846. The van der Waals surface area contributed by atoms with Crippen molar-refractivity contribution in [2.45, 2.75) is 9.79 Å². The summed E-state index contributed by atoms with van der Waals surface area (Å²) in [5.74, 6) is -1.12. The summed E-state index contributed by atoms with van der Waals surface area (Å²) in [6.07, 6.45) is 0. The highest BCUT2D eigenvalue weighted by atomic mass is 35.7. The Balaban J connectivity index is 2.95. The lowest BCUT2D eigenvalue weighted by molar-refractivity contribution is 0.461. The molecule has 0 aliphatic heterocycles. The molecule has 6 nitrogen and oxygen atoms in total. The SMILES string of the molecule is O=S(=O)(Cl)c1cc(O)c2c(O)cc(S(=O)(=O)Cl)cc2c1. The van der Waals surface area contributed by atoms with Crippen LogP contribution in [-0.2, 0) is 18.1 Å². The van der Waals surface area contributed by atoms with Gasteiger partial charge in [0.25, 0.3) is 18.1 Å². The molecule has 0 fully saturated rings. The number of rotatable bonds is 2. The van der Waals surface area contributed by atoms with Crippen molar-refractivity contribution in [2.75, 3.05) is 0 Å². The van der Waals surface area contributed by atoms with Gasteiger partial charge in [0.15, 0.2) is 0 Å². The van der Waals surface area contributed by atoms with Crippen LogP contribution >= 0.6 is 21.4 Å². The molecule has 0 aliphatic rings. The standard InChI is InChI=1S/C10H6Cl2O6S2/c11-19(15,16)6-1-5-2-7(20(12,17)18)4-9(14)10(5)8(13)3-6/h1-4,13-14H. The van der Waals surface area contributed by atoms with Gasteiger partial charge in [0.2, 0.25) is 0 Å². The fourth-order valence-electron chi connectivity index (χ4n) is 1.70. The summed E-state index contributed by atoms with van der Waals surface area (Å²) in [6, 6.07) is 3.73. The van der Waals surface area contributed by atoms with Crippen LogP contribution < -0.4 is 0 Å². The molecular formula is C10H6Cl2O6S2. The predicted octanol–water partition coefficient (Wildman–Crippen LogP) is 2.11. The van der Waals surface area contributed by atoms with Crippen molar-refractivity contribution in [2.24, 2.45) is 0 Å². The van der Waals surface area contributed by atoms with Gasteiger partial charge in [-0.15, -0.1) is 0 Å². The Morgan fingerprint density at radius 2 is 1.10 bits per heavy atom. The molecule has 0 unspecified atom stereocenters. The molecule has 108 valence electrons. The zero-order valence-corrected chi connectivity index (χ0v) is 12.6. The van der Waals surface area contributed by atoms with Crippen molar-refractivity contribution < 1.29 is 27.0 Å². The Hall–Kier alpha value is -1.22. The van der Waals surface area contributed by atoms with E-state index in [0.717, 1.165) is 24.3 Å². The van der Waals surface area contributed by atoms with Crippen molar-refractivity contribution in [3.05, 3.63) is 24.3 Å². The number of benzene rings is 2. The third kappa shape index (κ3) is 2.78. The molecule has 20 heavy (non-hydrogen) atoms. The minimum atomic E-state index is -4.13. The van der Waals surface area contributed by atoms with E-state index >= 15 is 0 Å². The average Bonchev–Trinajstić information content (AvgIpc) is 2.25. The van der Waals surface area contributed by atoms with Gasteiger partial charge in [-0.25, -0.2) is 16.8 Å².